The van der Waals surface area contributed by atoms with E-state index in [9.17, 15) is 9.90 Å². The fraction of sp³-hybridized carbons (Fsp3) is 0.571. The second-order valence-corrected chi connectivity index (χ2v) is 5.68. The molecule has 1 fully saturated rings. The Morgan fingerprint density at radius 3 is 2.79 bits per heavy atom. The van der Waals surface area contributed by atoms with Crippen LogP contribution in [0.15, 0.2) is 23.2 Å². The molecule has 2 heterocycles. The molecule has 0 aromatic carbocycles. The Balaban J connectivity index is 2.07. The minimum absolute atomic E-state index is 0.428. The molecule has 1 aromatic heterocycles. The van der Waals surface area contributed by atoms with Crippen LogP contribution in [0, 0.1) is 5.92 Å². The van der Waals surface area contributed by atoms with Crippen molar-refractivity contribution in [1.29, 1.82) is 0 Å². The minimum atomic E-state index is -0.782. The van der Waals surface area contributed by atoms with Crippen molar-refractivity contribution >= 4 is 17.7 Å². The predicted molar refractivity (Wildman–Crippen MR) is 74.6 cm³/mol. The summed E-state index contributed by atoms with van der Waals surface area (Å²) in [6, 6.07) is 3.77. The van der Waals surface area contributed by atoms with Gasteiger partial charge in [-0.3, -0.25) is 9.78 Å². The van der Waals surface area contributed by atoms with Crippen molar-refractivity contribution in [2.45, 2.75) is 30.1 Å². The van der Waals surface area contributed by atoms with Gasteiger partial charge < -0.3 is 9.84 Å². The Morgan fingerprint density at radius 1 is 1.53 bits per heavy atom. The SMILES string of the molecule is CSc1ccc(C(CC2CCOCC2)C(=O)O)nc1. The zero-order chi connectivity index (χ0) is 13.7. The highest BCUT2D eigenvalue weighted by Gasteiger charge is 2.26. The summed E-state index contributed by atoms with van der Waals surface area (Å²) in [5, 5.41) is 9.41. The number of rotatable bonds is 5. The first kappa shape index (κ1) is 14.3. The molecule has 0 spiro atoms. The van der Waals surface area contributed by atoms with Gasteiger partial charge >= 0.3 is 5.97 Å². The summed E-state index contributed by atoms with van der Waals surface area (Å²) in [6.45, 7) is 1.49. The van der Waals surface area contributed by atoms with Crippen molar-refractivity contribution in [2.75, 3.05) is 19.5 Å². The Morgan fingerprint density at radius 2 is 2.26 bits per heavy atom. The lowest BCUT2D eigenvalue weighted by molar-refractivity contribution is -0.139. The van der Waals surface area contributed by atoms with Gasteiger partial charge in [0.1, 0.15) is 0 Å². The van der Waals surface area contributed by atoms with Gasteiger partial charge in [-0.1, -0.05) is 0 Å². The molecule has 0 radical (unpaired) electrons. The van der Waals surface area contributed by atoms with Crippen LogP contribution in [-0.4, -0.2) is 35.5 Å². The molecular weight excluding hydrogens is 262 g/mol. The summed E-state index contributed by atoms with van der Waals surface area (Å²) in [5.74, 6) is -0.855. The normalized spacial score (nSPS) is 18.2. The standard InChI is InChI=1S/C14H19NO3S/c1-19-11-2-3-13(15-9-11)12(14(16)17)8-10-4-6-18-7-5-10/h2-3,9-10,12H,4-8H2,1H3,(H,16,17). The maximum absolute atomic E-state index is 11.5. The van der Waals surface area contributed by atoms with Gasteiger partial charge in [0, 0.05) is 24.3 Å². The van der Waals surface area contributed by atoms with Gasteiger partial charge in [0.25, 0.3) is 0 Å². The van der Waals surface area contributed by atoms with Gasteiger partial charge in [0.15, 0.2) is 0 Å². The lowest BCUT2D eigenvalue weighted by Crippen LogP contribution is -2.22. The van der Waals surface area contributed by atoms with E-state index < -0.39 is 11.9 Å². The molecule has 1 aliphatic rings. The Hall–Kier alpha value is -1.07. The maximum atomic E-state index is 11.5. The van der Waals surface area contributed by atoms with Crippen molar-refractivity contribution in [1.82, 2.24) is 4.98 Å². The van der Waals surface area contributed by atoms with Gasteiger partial charge in [-0.15, -0.1) is 11.8 Å². The number of pyridine rings is 1. The molecule has 0 aliphatic carbocycles. The molecular formula is C14H19NO3S. The van der Waals surface area contributed by atoms with Crippen molar-refractivity contribution < 1.29 is 14.6 Å². The second kappa shape index (κ2) is 6.91. The summed E-state index contributed by atoms with van der Waals surface area (Å²) in [6.07, 6.45) is 6.29. The zero-order valence-corrected chi connectivity index (χ0v) is 11.9. The van der Waals surface area contributed by atoms with E-state index in [0.29, 0.717) is 18.0 Å². The molecule has 1 N–H and O–H groups in total. The van der Waals surface area contributed by atoms with E-state index in [0.717, 1.165) is 31.0 Å². The molecule has 2 rings (SSSR count). The Labute approximate surface area is 117 Å². The molecule has 1 atom stereocenters. The van der Waals surface area contributed by atoms with Gasteiger partial charge in [-0.25, -0.2) is 0 Å². The molecule has 4 nitrogen and oxygen atoms in total. The zero-order valence-electron chi connectivity index (χ0n) is 11.0. The average Bonchev–Trinajstić information content (AvgIpc) is 2.46. The monoisotopic (exact) mass is 281 g/mol. The third kappa shape index (κ3) is 3.94. The van der Waals surface area contributed by atoms with Crippen molar-refractivity contribution in [3.63, 3.8) is 0 Å². The first-order valence-electron chi connectivity index (χ1n) is 6.51. The van der Waals surface area contributed by atoms with Crippen LogP contribution in [0.25, 0.3) is 0 Å². The van der Waals surface area contributed by atoms with Crippen molar-refractivity contribution in [3.8, 4) is 0 Å². The second-order valence-electron chi connectivity index (χ2n) is 4.81. The van der Waals surface area contributed by atoms with Crippen LogP contribution in [0.1, 0.15) is 30.9 Å². The molecule has 1 saturated heterocycles. The van der Waals surface area contributed by atoms with E-state index in [4.69, 9.17) is 4.74 Å². The van der Waals surface area contributed by atoms with Crippen LogP contribution in [0.4, 0.5) is 0 Å². The van der Waals surface area contributed by atoms with Crippen LogP contribution < -0.4 is 0 Å². The van der Waals surface area contributed by atoms with Crippen molar-refractivity contribution in [3.05, 3.63) is 24.0 Å². The number of nitrogens with zero attached hydrogens (tertiary/aromatic N) is 1. The number of carbonyl (C=O) groups is 1. The molecule has 19 heavy (non-hydrogen) atoms. The van der Waals surface area contributed by atoms with Gasteiger partial charge in [-0.05, 0) is 43.6 Å². The number of aliphatic carboxylic acids is 1. The highest BCUT2D eigenvalue weighted by atomic mass is 32.2. The van der Waals surface area contributed by atoms with Gasteiger partial charge in [0.05, 0.1) is 11.6 Å². The van der Waals surface area contributed by atoms with E-state index in [1.54, 1.807) is 18.0 Å². The molecule has 1 aliphatic heterocycles. The van der Waals surface area contributed by atoms with Crippen molar-refractivity contribution in [2.24, 2.45) is 5.92 Å². The molecule has 1 aromatic rings. The molecule has 0 bridgehead atoms. The lowest BCUT2D eigenvalue weighted by atomic mass is 9.87. The van der Waals surface area contributed by atoms with E-state index in [-0.39, 0.29) is 0 Å². The first-order chi connectivity index (χ1) is 9.20. The molecule has 104 valence electrons. The van der Waals surface area contributed by atoms with Crippen LogP contribution in [-0.2, 0) is 9.53 Å². The molecule has 1 unspecified atom stereocenters. The number of hydrogen-bond acceptors (Lipinski definition) is 4. The Bertz CT molecular complexity index is 415. The van der Waals surface area contributed by atoms with E-state index >= 15 is 0 Å². The fourth-order valence-corrected chi connectivity index (χ4v) is 2.74. The number of carboxylic acid groups (broad SMARTS) is 1. The van der Waals surface area contributed by atoms with Crippen LogP contribution in [0.2, 0.25) is 0 Å². The predicted octanol–water partition coefficient (Wildman–Crippen LogP) is 2.79. The quantitative estimate of drug-likeness (QED) is 0.841. The molecule has 0 amide bonds. The van der Waals surface area contributed by atoms with Crippen LogP contribution >= 0.6 is 11.8 Å². The van der Waals surface area contributed by atoms with E-state index in [1.165, 1.54) is 0 Å². The smallest absolute Gasteiger partial charge is 0.312 e. The summed E-state index contributed by atoms with van der Waals surface area (Å²) in [5.41, 5.74) is 0.664. The highest BCUT2D eigenvalue weighted by Crippen LogP contribution is 2.29. The number of aromatic nitrogens is 1. The minimum Gasteiger partial charge on any atom is -0.481 e. The molecule has 5 heteroatoms. The number of thioether (sulfide) groups is 1. The lowest BCUT2D eigenvalue weighted by Gasteiger charge is -2.24. The number of carboxylic acids is 1. The largest absolute Gasteiger partial charge is 0.481 e. The third-order valence-electron chi connectivity index (χ3n) is 3.56. The molecule has 0 saturated carbocycles. The summed E-state index contributed by atoms with van der Waals surface area (Å²) < 4.78 is 5.31. The van der Waals surface area contributed by atoms with Crippen LogP contribution in [0.5, 0.6) is 0 Å². The summed E-state index contributed by atoms with van der Waals surface area (Å²) >= 11 is 1.61. The summed E-state index contributed by atoms with van der Waals surface area (Å²) in [4.78, 5) is 16.8. The van der Waals surface area contributed by atoms with Gasteiger partial charge in [0.2, 0.25) is 0 Å². The van der Waals surface area contributed by atoms with E-state index in [1.807, 2.05) is 18.4 Å². The Kier molecular flexibility index (Phi) is 5.22. The average molecular weight is 281 g/mol. The van der Waals surface area contributed by atoms with Crippen LogP contribution in [0.3, 0.4) is 0 Å². The summed E-state index contributed by atoms with van der Waals surface area (Å²) in [7, 11) is 0. The fourth-order valence-electron chi connectivity index (χ4n) is 2.38. The first-order valence-corrected chi connectivity index (χ1v) is 7.73. The topological polar surface area (TPSA) is 59.4 Å². The highest BCUT2D eigenvalue weighted by molar-refractivity contribution is 7.98. The maximum Gasteiger partial charge on any atom is 0.312 e. The van der Waals surface area contributed by atoms with Gasteiger partial charge in [-0.2, -0.15) is 0 Å². The van der Waals surface area contributed by atoms with E-state index in [2.05, 4.69) is 4.98 Å². The number of hydrogen-bond donors (Lipinski definition) is 1. The third-order valence-corrected chi connectivity index (χ3v) is 4.27. The number of ether oxygens (including phenoxy) is 1.